The van der Waals surface area contributed by atoms with Crippen molar-refractivity contribution in [2.45, 2.75) is 6.92 Å². The van der Waals surface area contributed by atoms with E-state index in [0.717, 1.165) is 11.3 Å². The third-order valence-corrected chi connectivity index (χ3v) is 3.36. The van der Waals surface area contributed by atoms with Gasteiger partial charge in [0.25, 0.3) is 0 Å². The number of nitrogen functional groups attached to an aromatic ring is 1. The van der Waals surface area contributed by atoms with Crippen LogP contribution in [0.25, 0.3) is 0 Å². The fraction of sp³-hybridized carbons (Fsp3) is 0.0769. The summed E-state index contributed by atoms with van der Waals surface area (Å²) in [5, 5.41) is 3.44. The molecule has 2 rings (SSSR count). The molecule has 0 fully saturated rings. The van der Waals surface area contributed by atoms with Crippen molar-refractivity contribution in [3.63, 3.8) is 0 Å². The molecule has 0 unspecified atom stereocenters. The Bertz CT molecular complexity index is 602. The van der Waals surface area contributed by atoms with Gasteiger partial charge in [-0.15, -0.1) is 0 Å². The lowest BCUT2D eigenvalue weighted by Crippen LogP contribution is -1.97. The Morgan fingerprint density at radius 1 is 1.22 bits per heavy atom. The zero-order valence-electron chi connectivity index (χ0n) is 9.60. The molecule has 2 nitrogen and oxygen atoms in total. The number of rotatable bonds is 2. The number of benzene rings is 2. The van der Waals surface area contributed by atoms with Gasteiger partial charge in [0.2, 0.25) is 0 Å². The second-order valence-corrected chi connectivity index (χ2v) is 5.26. The van der Waals surface area contributed by atoms with E-state index in [2.05, 4.69) is 21.2 Å². The molecule has 0 bridgehead atoms. The van der Waals surface area contributed by atoms with Gasteiger partial charge in [-0.25, -0.2) is 4.39 Å². The van der Waals surface area contributed by atoms with Gasteiger partial charge in [-0.05, 0) is 42.8 Å². The highest BCUT2D eigenvalue weighted by Crippen LogP contribution is 2.30. The topological polar surface area (TPSA) is 38.0 Å². The van der Waals surface area contributed by atoms with Crippen molar-refractivity contribution in [3.05, 3.63) is 51.2 Å². The molecule has 0 heterocycles. The molecule has 0 aromatic heterocycles. The van der Waals surface area contributed by atoms with E-state index in [-0.39, 0.29) is 5.82 Å². The van der Waals surface area contributed by atoms with Crippen LogP contribution in [0, 0.1) is 12.7 Å². The molecule has 0 amide bonds. The zero-order chi connectivity index (χ0) is 13.3. The van der Waals surface area contributed by atoms with E-state index in [1.165, 1.54) is 6.07 Å². The average molecular weight is 330 g/mol. The summed E-state index contributed by atoms with van der Waals surface area (Å²) < 4.78 is 14.4. The summed E-state index contributed by atoms with van der Waals surface area (Å²) in [6, 6.07) is 8.26. The van der Waals surface area contributed by atoms with Crippen LogP contribution in [0.5, 0.6) is 0 Å². The first kappa shape index (κ1) is 13.2. The van der Waals surface area contributed by atoms with Crippen LogP contribution in [-0.2, 0) is 0 Å². The molecule has 3 N–H and O–H groups in total. The molecule has 0 saturated heterocycles. The molecule has 0 spiro atoms. The Balaban J connectivity index is 2.37. The van der Waals surface area contributed by atoms with Gasteiger partial charge in [-0.2, -0.15) is 0 Å². The van der Waals surface area contributed by atoms with Crippen LogP contribution in [-0.4, -0.2) is 0 Å². The molecule has 18 heavy (non-hydrogen) atoms. The molecular weight excluding hydrogens is 319 g/mol. The van der Waals surface area contributed by atoms with Crippen molar-refractivity contribution in [2.24, 2.45) is 0 Å². The van der Waals surface area contributed by atoms with Gasteiger partial charge >= 0.3 is 0 Å². The molecule has 0 radical (unpaired) electrons. The normalized spacial score (nSPS) is 10.4. The minimum absolute atomic E-state index is 0.336. The van der Waals surface area contributed by atoms with E-state index in [9.17, 15) is 4.39 Å². The number of hydrogen-bond donors (Lipinski definition) is 2. The second kappa shape index (κ2) is 5.16. The number of halogens is 3. The van der Waals surface area contributed by atoms with Gasteiger partial charge < -0.3 is 11.1 Å². The van der Waals surface area contributed by atoms with Crippen LogP contribution in [0.15, 0.2) is 34.8 Å². The number of aryl methyl sites for hydroxylation is 1. The second-order valence-electron chi connectivity index (χ2n) is 3.94. The van der Waals surface area contributed by atoms with E-state index in [4.69, 9.17) is 17.3 Å². The summed E-state index contributed by atoms with van der Waals surface area (Å²) >= 11 is 9.16. The monoisotopic (exact) mass is 328 g/mol. The molecule has 0 saturated carbocycles. The number of nitrogens with two attached hydrogens (primary N) is 1. The Hall–Kier alpha value is -1.26. The van der Waals surface area contributed by atoms with Crippen molar-refractivity contribution in [1.82, 2.24) is 0 Å². The summed E-state index contributed by atoms with van der Waals surface area (Å²) in [6.07, 6.45) is 0. The van der Waals surface area contributed by atoms with Gasteiger partial charge in [0.15, 0.2) is 0 Å². The lowest BCUT2D eigenvalue weighted by Gasteiger charge is -2.12. The van der Waals surface area contributed by atoms with Crippen LogP contribution in [0.1, 0.15) is 5.56 Å². The van der Waals surface area contributed by atoms with Crippen molar-refractivity contribution < 1.29 is 4.39 Å². The predicted molar refractivity (Wildman–Crippen MR) is 78.0 cm³/mol. The minimum atomic E-state index is -0.336. The first-order valence-corrected chi connectivity index (χ1v) is 6.42. The number of anilines is 3. The Labute approximate surface area is 118 Å². The van der Waals surface area contributed by atoms with Crippen molar-refractivity contribution >= 4 is 44.6 Å². The highest BCUT2D eigenvalue weighted by Gasteiger charge is 2.07. The fourth-order valence-corrected chi connectivity index (χ4v) is 2.07. The molecule has 2 aromatic rings. The first-order chi connectivity index (χ1) is 8.47. The van der Waals surface area contributed by atoms with Crippen LogP contribution >= 0.6 is 27.5 Å². The molecule has 0 aliphatic heterocycles. The van der Waals surface area contributed by atoms with Crippen molar-refractivity contribution in [1.29, 1.82) is 0 Å². The first-order valence-electron chi connectivity index (χ1n) is 5.25. The van der Waals surface area contributed by atoms with E-state index in [1.54, 1.807) is 24.3 Å². The molecule has 5 heteroatoms. The maximum atomic E-state index is 13.7. The van der Waals surface area contributed by atoms with Crippen LogP contribution in [0.2, 0.25) is 5.02 Å². The van der Waals surface area contributed by atoms with Crippen LogP contribution in [0.4, 0.5) is 21.5 Å². The molecule has 0 atom stereocenters. The fourth-order valence-electron chi connectivity index (χ4n) is 1.57. The smallest absolute Gasteiger partial charge is 0.147 e. The number of hydrogen-bond acceptors (Lipinski definition) is 2. The molecule has 0 aliphatic rings. The predicted octanol–water partition coefficient (Wildman–Crippen LogP) is 4.88. The van der Waals surface area contributed by atoms with Gasteiger partial charge in [-0.1, -0.05) is 27.5 Å². The zero-order valence-corrected chi connectivity index (χ0v) is 11.9. The summed E-state index contributed by atoms with van der Waals surface area (Å²) in [4.78, 5) is 0. The largest absolute Gasteiger partial charge is 0.398 e. The van der Waals surface area contributed by atoms with Gasteiger partial charge in [0.1, 0.15) is 5.82 Å². The van der Waals surface area contributed by atoms with E-state index in [0.29, 0.717) is 20.9 Å². The van der Waals surface area contributed by atoms with E-state index < -0.39 is 0 Å². The van der Waals surface area contributed by atoms with Crippen molar-refractivity contribution in [3.8, 4) is 0 Å². The van der Waals surface area contributed by atoms with Gasteiger partial charge in [0.05, 0.1) is 16.4 Å². The third kappa shape index (κ3) is 2.76. The quantitative estimate of drug-likeness (QED) is 0.771. The SMILES string of the molecule is Cc1cc(N)c(Cl)cc1Nc1ccc(Br)cc1F. The molecule has 2 aromatic carbocycles. The van der Waals surface area contributed by atoms with E-state index in [1.807, 2.05) is 6.92 Å². The lowest BCUT2D eigenvalue weighted by atomic mass is 10.1. The summed E-state index contributed by atoms with van der Waals surface area (Å²) in [5.74, 6) is -0.336. The average Bonchev–Trinajstić information content (AvgIpc) is 2.29. The maximum Gasteiger partial charge on any atom is 0.147 e. The maximum absolute atomic E-state index is 13.7. The standard InChI is InChI=1S/C13H11BrClFN2/c1-7-4-11(17)9(15)6-13(7)18-12-3-2-8(14)5-10(12)16/h2-6,18H,17H2,1H3. The summed E-state index contributed by atoms with van der Waals surface area (Å²) in [5.41, 5.74) is 8.23. The highest BCUT2D eigenvalue weighted by molar-refractivity contribution is 9.10. The Morgan fingerprint density at radius 2 is 1.94 bits per heavy atom. The van der Waals surface area contributed by atoms with Gasteiger partial charge in [0, 0.05) is 10.2 Å². The number of nitrogens with one attached hydrogen (secondary N) is 1. The molecule has 0 aliphatic carbocycles. The van der Waals surface area contributed by atoms with Crippen LogP contribution in [0.3, 0.4) is 0 Å². The Kier molecular flexibility index (Phi) is 3.78. The minimum Gasteiger partial charge on any atom is -0.398 e. The van der Waals surface area contributed by atoms with Crippen molar-refractivity contribution in [2.75, 3.05) is 11.1 Å². The lowest BCUT2D eigenvalue weighted by molar-refractivity contribution is 0.631. The third-order valence-electron chi connectivity index (χ3n) is 2.54. The van der Waals surface area contributed by atoms with Crippen LogP contribution < -0.4 is 11.1 Å². The molecular formula is C13H11BrClFN2. The summed E-state index contributed by atoms with van der Waals surface area (Å²) in [7, 11) is 0. The summed E-state index contributed by atoms with van der Waals surface area (Å²) in [6.45, 7) is 1.88. The van der Waals surface area contributed by atoms with Gasteiger partial charge in [-0.3, -0.25) is 0 Å². The molecule has 94 valence electrons. The Morgan fingerprint density at radius 3 is 2.61 bits per heavy atom. The highest BCUT2D eigenvalue weighted by atomic mass is 79.9. The van der Waals surface area contributed by atoms with E-state index >= 15 is 0 Å².